The number of non-ortho nitro benzene ring substituents is 1. The molecule has 0 aliphatic heterocycles. The molecule has 0 bridgehead atoms. The summed E-state index contributed by atoms with van der Waals surface area (Å²) in [5.74, 6) is -0.0287. The Labute approximate surface area is 175 Å². The fraction of sp³-hybridized carbons (Fsp3) is 0.0952. The first-order chi connectivity index (χ1) is 13.4. The lowest BCUT2D eigenvalue weighted by Gasteiger charge is -2.20. The number of carbonyl (C=O) groups excluding carboxylic acids is 1. The molecule has 0 aliphatic carbocycles. The van der Waals surface area contributed by atoms with E-state index in [0.717, 1.165) is 10.0 Å². The van der Waals surface area contributed by atoms with E-state index in [-0.39, 0.29) is 23.9 Å². The summed E-state index contributed by atoms with van der Waals surface area (Å²) in [6.45, 7) is 0. The van der Waals surface area contributed by atoms with Crippen molar-refractivity contribution in [3.8, 4) is 0 Å². The van der Waals surface area contributed by atoms with Crippen molar-refractivity contribution in [2.24, 2.45) is 0 Å². The first kappa shape index (κ1) is 20.0. The summed E-state index contributed by atoms with van der Waals surface area (Å²) in [4.78, 5) is 23.2. The first-order valence-electron chi connectivity index (χ1n) is 8.47. The second kappa shape index (κ2) is 8.99. The van der Waals surface area contributed by atoms with Crippen LogP contribution in [0.5, 0.6) is 0 Å². The quantitative estimate of drug-likeness (QED) is 0.251. The van der Waals surface area contributed by atoms with Crippen LogP contribution in [-0.2, 0) is 0 Å². The summed E-state index contributed by atoms with van der Waals surface area (Å²) in [5, 5.41) is 14.7. The molecule has 1 atom stereocenters. The number of halogens is 2. The summed E-state index contributed by atoms with van der Waals surface area (Å²) >= 11 is 9.31. The van der Waals surface area contributed by atoms with Gasteiger partial charge in [-0.25, -0.2) is 0 Å². The number of nitro groups is 1. The lowest BCUT2D eigenvalue weighted by atomic mass is 9.97. The fourth-order valence-electron chi connectivity index (χ4n) is 2.77. The highest BCUT2D eigenvalue weighted by Crippen LogP contribution is 2.27. The van der Waals surface area contributed by atoms with Gasteiger partial charge in [-0.3, -0.25) is 14.9 Å². The summed E-state index contributed by atoms with van der Waals surface area (Å²) in [6.07, 6.45) is 0.222. The number of benzene rings is 3. The summed E-state index contributed by atoms with van der Waals surface area (Å²) in [7, 11) is 0. The molecule has 0 amide bonds. The minimum atomic E-state index is -0.444. The zero-order valence-corrected chi connectivity index (χ0v) is 17.0. The molecule has 0 unspecified atom stereocenters. The second-order valence-corrected chi connectivity index (χ2v) is 7.54. The van der Waals surface area contributed by atoms with Crippen LogP contribution in [0, 0.1) is 10.1 Å². The van der Waals surface area contributed by atoms with Crippen molar-refractivity contribution in [1.82, 2.24) is 0 Å². The third-order valence-corrected chi connectivity index (χ3v) is 5.03. The monoisotopic (exact) mass is 458 g/mol. The highest BCUT2D eigenvalue weighted by Gasteiger charge is 2.18. The van der Waals surface area contributed by atoms with Crippen molar-refractivity contribution in [3.63, 3.8) is 0 Å². The molecule has 28 heavy (non-hydrogen) atoms. The molecule has 7 heteroatoms. The largest absolute Gasteiger partial charge is 0.378 e. The highest BCUT2D eigenvalue weighted by atomic mass is 79.9. The van der Waals surface area contributed by atoms with Gasteiger partial charge in [-0.1, -0.05) is 39.7 Å². The summed E-state index contributed by atoms with van der Waals surface area (Å²) in [5.41, 5.74) is 2.23. The Morgan fingerprint density at radius 1 is 1.00 bits per heavy atom. The highest BCUT2D eigenvalue weighted by molar-refractivity contribution is 9.10. The molecule has 142 valence electrons. The summed E-state index contributed by atoms with van der Waals surface area (Å²) in [6, 6.07) is 20.3. The first-order valence-corrected chi connectivity index (χ1v) is 9.65. The minimum absolute atomic E-state index is 0.0167. The number of nitro benzene ring substituents is 1. The van der Waals surface area contributed by atoms with Gasteiger partial charge in [0.25, 0.3) is 5.69 Å². The molecule has 3 rings (SSSR count). The van der Waals surface area contributed by atoms with Crippen LogP contribution in [0.1, 0.15) is 28.4 Å². The maximum absolute atomic E-state index is 12.8. The smallest absolute Gasteiger partial charge is 0.269 e. The van der Waals surface area contributed by atoms with Crippen LogP contribution in [0.3, 0.4) is 0 Å². The van der Waals surface area contributed by atoms with E-state index in [1.54, 1.807) is 36.4 Å². The average Bonchev–Trinajstić information content (AvgIpc) is 2.69. The Hall–Kier alpha value is -2.70. The number of nitrogens with zero attached hydrogens (tertiary/aromatic N) is 1. The molecule has 3 aromatic rings. The molecule has 0 fully saturated rings. The van der Waals surface area contributed by atoms with E-state index < -0.39 is 4.92 Å². The van der Waals surface area contributed by atoms with E-state index >= 15 is 0 Å². The molecule has 0 heterocycles. The number of Topliss-reactive ketones (excluding diaryl/α,β-unsaturated/α-hetero) is 1. The molecule has 0 radical (unpaired) electrons. The minimum Gasteiger partial charge on any atom is -0.378 e. The zero-order valence-electron chi connectivity index (χ0n) is 14.6. The van der Waals surface area contributed by atoms with Crippen molar-refractivity contribution in [1.29, 1.82) is 0 Å². The van der Waals surface area contributed by atoms with Gasteiger partial charge in [0, 0.05) is 39.3 Å². The Kier molecular flexibility index (Phi) is 6.44. The average molecular weight is 460 g/mol. The van der Waals surface area contributed by atoms with Gasteiger partial charge in [-0.05, 0) is 54.1 Å². The second-order valence-electron chi connectivity index (χ2n) is 6.19. The van der Waals surface area contributed by atoms with E-state index in [2.05, 4.69) is 21.2 Å². The van der Waals surface area contributed by atoms with E-state index in [4.69, 9.17) is 11.6 Å². The molecule has 0 spiro atoms. The lowest BCUT2D eigenvalue weighted by Crippen LogP contribution is -2.16. The van der Waals surface area contributed by atoms with Gasteiger partial charge in [0.2, 0.25) is 0 Å². The Morgan fingerprint density at radius 3 is 2.18 bits per heavy atom. The van der Waals surface area contributed by atoms with Gasteiger partial charge in [0.15, 0.2) is 5.78 Å². The van der Waals surface area contributed by atoms with Crippen molar-refractivity contribution < 1.29 is 9.72 Å². The number of hydrogen-bond donors (Lipinski definition) is 1. The van der Waals surface area contributed by atoms with E-state index in [1.165, 1.54) is 12.1 Å². The van der Waals surface area contributed by atoms with E-state index in [9.17, 15) is 14.9 Å². The predicted octanol–water partition coefficient (Wildman–Crippen LogP) is 6.44. The normalized spacial score (nSPS) is 11.6. The molecule has 5 nitrogen and oxygen atoms in total. The van der Waals surface area contributed by atoms with Crippen molar-refractivity contribution in [2.45, 2.75) is 12.5 Å². The molecule has 0 saturated heterocycles. The van der Waals surface area contributed by atoms with Crippen LogP contribution in [0.15, 0.2) is 77.3 Å². The SMILES string of the molecule is O=C(C[C@H](Nc1ccc([N+](=O)[O-])cc1)c1ccc(Br)cc1)c1ccc(Cl)cc1. The fourth-order valence-corrected chi connectivity index (χ4v) is 3.16. The molecular weight excluding hydrogens is 444 g/mol. The van der Waals surface area contributed by atoms with Crippen LogP contribution in [0.4, 0.5) is 11.4 Å². The van der Waals surface area contributed by atoms with Gasteiger partial charge >= 0.3 is 0 Å². The van der Waals surface area contributed by atoms with Crippen LogP contribution in [0.25, 0.3) is 0 Å². The maximum atomic E-state index is 12.8. The number of ketones is 1. The number of carbonyl (C=O) groups is 1. The predicted molar refractivity (Wildman–Crippen MR) is 114 cm³/mol. The molecule has 0 aliphatic rings. The number of hydrogen-bond acceptors (Lipinski definition) is 4. The summed E-state index contributed by atoms with van der Waals surface area (Å²) < 4.78 is 0.939. The lowest BCUT2D eigenvalue weighted by molar-refractivity contribution is -0.384. The molecule has 0 saturated carbocycles. The third kappa shape index (κ3) is 5.18. The Morgan fingerprint density at radius 2 is 1.61 bits per heavy atom. The standard InChI is InChI=1S/C21H16BrClN2O3/c22-16-5-1-14(2-6-16)20(13-21(26)15-3-7-17(23)8-4-15)24-18-9-11-19(12-10-18)25(27)28/h1-12,20,24H,13H2/t20-/m0/s1. The molecule has 3 aromatic carbocycles. The molecule has 1 N–H and O–H groups in total. The van der Waals surface area contributed by atoms with Gasteiger partial charge in [-0.2, -0.15) is 0 Å². The zero-order chi connectivity index (χ0) is 20.1. The Balaban J connectivity index is 1.84. The van der Waals surface area contributed by atoms with Crippen LogP contribution in [0.2, 0.25) is 5.02 Å². The van der Waals surface area contributed by atoms with Gasteiger partial charge in [0.05, 0.1) is 11.0 Å². The number of nitrogens with one attached hydrogen (secondary N) is 1. The van der Waals surface area contributed by atoms with Crippen LogP contribution < -0.4 is 5.32 Å². The number of anilines is 1. The van der Waals surface area contributed by atoms with Gasteiger partial charge in [0.1, 0.15) is 0 Å². The van der Waals surface area contributed by atoms with E-state index in [0.29, 0.717) is 16.3 Å². The Bertz CT molecular complexity index is 974. The van der Waals surface area contributed by atoms with Gasteiger partial charge < -0.3 is 5.32 Å². The third-order valence-electron chi connectivity index (χ3n) is 4.25. The van der Waals surface area contributed by atoms with Crippen LogP contribution in [-0.4, -0.2) is 10.7 Å². The van der Waals surface area contributed by atoms with Crippen molar-refractivity contribution in [3.05, 3.63) is 104 Å². The maximum Gasteiger partial charge on any atom is 0.269 e. The van der Waals surface area contributed by atoms with Crippen molar-refractivity contribution >= 4 is 44.7 Å². The topological polar surface area (TPSA) is 72.2 Å². The van der Waals surface area contributed by atoms with Crippen LogP contribution >= 0.6 is 27.5 Å². The van der Waals surface area contributed by atoms with E-state index in [1.807, 2.05) is 24.3 Å². The van der Waals surface area contributed by atoms with Crippen molar-refractivity contribution in [2.75, 3.05) is 5.32 Å². The molecule has 0 aromatic heterocycles. The van der Waals surface area contributed by atoms with Gasteiger partial charge in [-0.15, -0.1) is 0 Å². The molecular formula is C21H16BrClN2O3. The number of rotatable bonds is 7.